The van der Waals surface area contributed by atoms with Gasteiger partial charge in [0.1, 0.15) is 6.23 Å². The van der Waals surface area contributed by atoms with E-state index in [9.17, 15) is 5.11 Å². The van der Waals surface area contributed by atoms with Crippen LogP contribution in [0.5, 0.6) is 0 Å². The lowest BCUT2D eigenvalue weighted by molar-refractivity contribution is 0.179. The van der Waals surface area contributed by atoms with Gasteiger partial charge in [0.25, 0.3) is 0 Å². The maximum absolute atomic E-state index is 9.67. The third kappa shape index (κ3) is 2.11. The zero-order valence-corrected chi connectivity index (χ0v) is 8.46. The highest BCUT2D eigenvalue weighted by Gasteiger charge is 2.19. The standard InChI is InChI=1S/C10H18N2O/c1-6(2)8-4-7(3)12-10(13)9(8)5-11/h4,6,10,12-13H,5,11H2,1-3H3. The van der Waals surface area contributed by atoms with Gasteiger partial charge in [-0.2, -0.15) is 0 Å². The minimum atomic E-state index is -0.604. The van der Waals surface area contributed by atoms with Crippen molar-refractivity contribution in [1.29, 1.82) is 0 Å². The second kappa shape index (κ2) is 3.94. The molecule has 0 bridgehead atoms. The summed E-state index contributed by atoms with van der Waals surface area (Å²) >= 11 is 0. The molecule has 0 fully saturated rings. The molecule has 4 N–H and O–H groups in total. The molecule has 0 aromatic carbocycles. The molecule has 1 unspecified atom stereocenters. The van der Waals surface area contributed by atoms with Crippen molar-refractivity contribution in [3.63, 3.8) is 0 Å². The number of nitrogens with two attached hydrogens (primary N) is 1. The van der Waals surface area contributed by atoms with Gasteiger partial charge in [0, 0.05) is 12.2 Å². The zero-order valence-electron chi connectivity index (χ0n) is 8.46. The molecule has 1 aliphatic rings. The molecule has 3 nitrogen and oxygen atoms in total. The van der Waals surface area contributed by atoms with Crippen molar-refractivity contribution < 1.29 is 5.11 Å². The maximum atomic E-state index is 9.67. The minimum absolute atomic E-state index is 0.408. The van der Waals surface area contributed by atoms with E-state index in [1.54, 1.807) is 0 Å². The van der Waals surface area contributed by atoms with Gasteiger partial charge in [-0.1, -0.05) is 13.8 Å². The van der Waals surface area contributed by atoms with Gasteiger partial charge in [0.2, 0.25) is 0 Å². The van der Waals surface area contributed by atoms with E-state index < -0.39 is 6.23 Å². The van der Waals surface area contributed by atoms with Gasteiger partial charge in [0.05, 0.1) is 0 Å². The van der Waals surface area contributed by atoms with Crippen LogP contribution in [0.15, 0.2) is 22.9 Å². The smallest absolute Gasteiger partial charge is 0.148 e. The van der Waals surface area contributed by atoms with Crippen LogP contribution < -0.4 is 11.1 Å². The molecule has 13 heavy (non-hydrogen) atoms. The lowest BCUT2D eigenvalue weighted by Gasteiger charge is -2.26. The van der Waals surface area contributed by atoms with Crippen molar-refractivity contribution in [2.75, 3.05) is 6.54 Å². The molecule has 1 atom stereocenters. The monoisotopic (exact) mass is 182 g/mol. The van der Waals surface area contributed by atoms with E-state index in [1.165, 1.54) is 0 Å². The summed E-state index contributed by atoms with van der Waals surface area (Å²) in [7, 11) is 0. The van der Waals surface area contributed by atoms with E-state index in [2.05, 4.69) is 25.2 Å². The largest absolute Gasteiger partial charge is 0.370 e. The Labute approximate surface area is 79.3 Å². The van der Waals surface area contributed by atoms with Crippen molar-refractivity contribution in [2.45, 2.75) is 27.0 Å². The van der Waals surface area contributed by atoms with Crippen LogP contribution in [0, 0.1) is 5.92 Å². The van der Waals surface area contributed by atoms with E-state index in [1.807, 2.05) is 6.92 Å². The van der Waals surface area contributed by atoms with Crippen molar-refractivity contribution in [2.24, 2.45) is 11.7 Å². The molecule has 0 saturated carbocycles. The molecule has 1 heterocycles. The molecule has 1 aliphatic heterocycles. The first-order valence-corrected chi connectivity index (χ1v) is 4.62. The van der Waals surface area contributed by atoms with Gasteiger partial charge in [-0.15, -0.1) is 0 Å². The molecular formula is C10H18N2O. The first kappa shape index (κ1) is 10.3. The Hall–Kier alpha value is -0.800. The van der Waals surface area contributed by atoms with Gasteiger partial charge >= 0.3 is 0 Å². The zero-order chi connectivity index (χ0) is 10.0. The second-order valence-corrected chi connectivity index (χ2v) is 3.71. The predicted molar refractivity (Wildman–Crippen MR) is 53.8 cm³/mol. The Morgan fingerprint density at radius 2 is 2.23 bits per heavy atom. The lowest BCUT2D eigenvalue weighted by atomic mass is 9.93. The number of aliphatic hydroxyl groups excluding tert-OH is 1. The average Bonchev–Trinajstić information content (AvgIpc) is 2.02. The fourth-order valence-electron chi connectivity index (χ4n) is 1.60. The highest BCUT2D eigenvalue weighted by Crippen LogP contribution is 2.22. The van der Waals surface area contributed by atoms with Crippen molar-refractivity contribution in [1.82, 2.24) is 5.32 Å². The first-order valence-electron chi connectivity index (χ1n) is 4.62. The van der Waals surface area contributed by atoms with E-state index >= 15 is 0 Å². The Bertz CT molecular complexity index is 254. The van der Waals surface area contributed by atoms with Gasteiger partial charge in [-0.3, -0.25) is 0 Å². The number of allylic oxidation sites excluding steroid dienone is 3. The summed E-state index contributed by atoms with van der Waals surface area (Å²) in [5, 5.41) is 12.6. The molecule has 3 heteroatoms. The molecule has 0 spiro atoms. The summed E-state index contributed by atoms with van der Waals surface area (Å²) in [5.41, 5.74) is 8.64. The van der Waals surface area contributed by atoms with Crippen LogP contribution in [0.3, 0.4) is 0 Å². The molecule has 0 aliphatic carbocycles. The number of rotatable bonds is 2. The van der Waals surface area contributed by atoms with Crippen molar-refractivity contribution in [3.8, 4) is 0 Å². The minimum Gasteiger partial charge on any atom is -0.370 e. The molecule has 0 radical (unpaired) electrons. The molecule has 0 aromatic heterocycles. The molecule has 74 valence electrons. The summed E-state index contributed by atoms with van der Waals surface area (Å²) in [6.45, 7) is 6.56. The van der Waals surface area contributed by atoms with E-state index in [4.69, 9.17) is 5.73 Å². The van der Waals surface area contributed by atoms with Crippen LogP contribution in [-0.2, 0) is 0 Å². The fourth-order valence-corrected chi connectivity index (χ4v) is 1.60. The first-order chi connectivity index (χ1) is 6.06. The number of nitrogens with one attached hydrogen (secondary N) is 1. The van der Waals surface area contributed by atoms with Crippen LogP contribution in [0.25, 0.3) is 0 Å². The molecule has 0 saturated heterocycles. The summed E-state index contributed by atoms with van der Waals surface area (Å²) in [6, 6.07) is 0. The highest BCUT2D eigenvalue weighted by atomic mass is 16.3. The lowest BCUT2D eigenvalue weighted by Crippen LogP contribution is -2.36. The summed E-state index contributed by atoms with van der Waals surface area (Å²) in [4.78, 5) is 0. The number of hydrogen-bond acceptors (Lipinski definition) is 3. The van der Waals surface area contributed by atoms with Crippen molar-refractivity contribution in [3.05, 3.63) is 22.9 Å². The highest BCUT2D eigenvalue weighted by molar-refractivity contribution is 5.36. The summed E-state index contributed by atoms with van der Waals surface area (Å²) < 4.78 is 0. The Morgan fingerprint density at radius 3 is 2.69 bits per heavy atom. The number of aliphatic hydroxyl groups is 1. The Balaban J connectivity index is 3.05. The van der Waals surface area contributed by atoms with Crippen LogP contribution in [0.2, 0.25) is 0 Å². The Kier molecular flexibility index (Phi) is 3.12. The van der Waals surface area contributed by atoms with Gasteiger partial charge in [0.15, 0.2) is 0 Å². The number of dihydropyridines is 1. The van der Waals surface area contributed by atoms with Crippen molar-refractivity contribution >= 4 is 0 Å². The molecular weight excluding hydrogens is 164 g/mol. The summed E-state index contributed by atoms with van der Waals surface area (Å²) in [6.07, 6.45) is 1.45. The summed E-state index contributed by atoms with van der Waals surface area (Å²) in [5.74, 6) is 0.408. The normalized spacial score (nSPS) is 23.2. The van der Waals surface area contributed by atoms with E-state index in [-0.39, 0.29) is 0 Å². The van der Waals surface area contributed by atoms with Crippen LogP contribution in [0.4, 0.5) is 0 Å². The second-order valence-electron chi connectivity index (χ2n) is 3.71. The molecule has 0 amide bonds. The number of hydrogen-bond donors (Lipinski definition) is 3. The third-order valence-electron chi connectivity index (χ3n) is 2.28. The van der Waals surface area contributed by atoms with E-state index in [0.29, 0.717) is 12.5 Å². The van der Waals surface area contributed by atoms with Gasteiger partial charge in [-0.25, -0.2) is 0 Å². The fraction of sp³-hybridized carbons (Fsp3) is 0.600. The SMILES string of the molecule is CC1=CC(C(C)C)=C(CN)C(O)N1. The van der Waals surface area contributed by atoms with Gasteiger partial charge in [-0.05, 0) is 30.1 Å². The van der Waals surface area contributed by atoms with E-state index in [0.717, 1.165) is 16.8 Å². The predicted octanol–water partition coefficient (Wildman–Crippen LogP) is 0.723. The quantitative estimate of drug-likeness (QED) is 0.590. The molecule has 1 rings (SSSR count). The van der Waals surface area contributed by atoms with Crippen LogP contribution >= 0.6 is 0 Å². The van der Waals surface area contributed by atoms with Crippen LogP contribution in [0.1, 0.15) is 20.8 Å². The topological polar surface area (TPSA) is 58.3 Å². The van der Waals surface area contributed by atoms with Gasteiger partial charge < -0.3 is 16.2 Å². The maximum Gasteiger partial charge on any atom is 0.148 e. The Morgan fingerprint density at radius 1 is 1.62 bits per heavy atom. The van der Waals surface area contributed by atoms with Crippen LogP contribution in [-0.4, -0.2) is 17.9 Å². The third-order valence-corrected chi connectivity index (χ3v) is 2.28. The molecule has 0 aromatic rings. The average molecular weight is 182 g/mol.